The maximum Gasteiger partial charge on any atom is 0.348 e. The Morgan fingerprint density at radius 2 is 2.00 bits per heavy atom. The number of alkyl halides is 1. The average molecular weight is 176 g/mol. The lowest BCUT2D eigenvalue weighted by atomic mass is 10.1. The lowest BCUT2D eigenvalue weighted by Crippen LogP contribution is -2.27. The summed E-state index contributed by atoms with van der Waals surface area (Å²) in [6.45, 7) is 3.41. The van der Waals surface area contributed by atoms with Gasteiger partial charge in [0, 0.05) is 6.42 Å². The van der Waals surface area contributed by atoms with Gasteiger partial charge in [0.2, 0.25) is 0 Å². The summed E-state index contributed by atoms with van der Waals surface area (Å²) in [6.07, 6.45) is -1.47. The van der Waals surface area contributed by atoms with E-state index in [1.165, 1.54) is 0 Å². The lowest BCUT2D eigenvalue weighted by molar-refractivity contribution is -0.152. The van der Waals surface area contributed by atoms with Crippen molar-refractivity contribution in [3.8, 4) is 0 Å². The quantitative estimate of drug-likeness (QED) is 0.467. The van der Waals surface area contributed by atoms with E-state index in [1.807, 2.05) is 0 Å². The predicted octanol–water partition coefficient (Wildman–Crippen LogP) is 1.26. The maximum atomic E-state index is 12.7. The number of ether oxygens (including phenoxy) is 1. The molecule has 0 bridgehead atoms. The molecule has 3 nitrogen and oxygen atoms in total. The minimum atomic E-state index is -2.09. The molecular formula is C8H13FO3. The van der Waals surface area contributed by atoms with Gasteiger partial charge in [0.15, 0.2) is 5.78 Å². The summed E-state index contributed by atoms with van der Waals surface area (Å²) in [4.78, 5) is 21.4. The van der Waals surface area contributed by atoms with E-state index in [9.17, 15) is 14.0 Å². The molecule has 0 aliphatic rings. The first kappa shape index (κ1) is 11.1. The number of halogens is 1. The molecule has 0 aromatic heterocycles. The van der Waals surface area contributed by atoms with Crippen LogP contribution in [0.25, 0.3) is 0 Å². The van der Waals surface area contributed by atoms with Gasteiger partial charge in [-0.1, -0.05) is 6.92 Å². The average Bonchev–Trinajstić information content (AvgIpc) is 2.04. The van der Waals surface area contributed by atoms with Gasteiger partial charge in [0.25, 0.3) is 6.17 Å². The third-order valence-electron chi connectivity index (χ3n) is 1.27. The number of esters is 1. The van der Waals surface area contributed by atoms with E-state index in [-0.39, 0.29) is 13.0 Å². The second-order valence-electron chi connectivity index (χ2n) is 2.33. The van der Waals surface area contributed by atoms with E-state index in [2.05, 4.69) is 4.74 Å². The molecule has 0 saturated heterocycles. The number of Topliss-reactive ketones (excluding diaryl/α,β-unsaturated/α-hetero) is 1. The van der Waals surface area contributed by atoms with Gasteiger partial charge in [0.1, 0.15) is 0 Å². The Labute approximate surface area is 70.9 Å². The smallest absolute Gasteiger partial charge is 0.348 e. The molecule has 12 heavy (non-hydrogen) atoms. The zero-order chi connectivity index (χ0) is 9.56. The van der Waals surface area contributed by atoms with Crippen molar-refractivity contribution >= 4 is 11.8 Å². The van der Waals surface area contributed by atoms with Crippen molar-refractivity contribution < 1.29 is 18.7 Å². The van der Waals surface area contributed by atoms with Crippen LogP contribution in [0, 0.1) is 0 Å². The first-order chi connectivity index (χ1) is 5.63. The molecule has 70 valence electrons. The van der Waals surface area contributed by atoms with Gasteiger partial charge >= 0.3 is 5.97 Å². The molecule has 0 aromatic carbocycles. The van der Waals surface area contributed by atoms with Crippen LogP contribution in [0.5, 0.6) is 0 Å². The van der Waals surface area contributed by atoms with E-state index in [4.69, 9.17) is 0 Å². The van der Waals surface area contributed by atoms with E-state index in [1.54, 1.807) is 13.8 Å². The molecule has 0 saturated carbocycles. The Bertz CT molecular complexity index is 150. The Morgan fingerprint density at radius 3 is 2.42 bits per heavy atom. The van der Waals surface area contributed by atoms with Crippen LogP contribution in [0.15, 0.2) is 0 Å². The standard InChI is InChI=1S/C8H13FO3/c1-3-5-6(10)7(9)8(11)12-4-2/h7H,3-5H2,1-2H3. The topological polar surface area (TPSA) is 43.4 Å². The molecule has 0 amide bonds. The van der Waals surface area contributed by atoms with Crippen molar-refractivity contribution in [2.75, 3.05) is 6.61 Å². The molecule has 1 unspecified atom stereocenters. The van der Waals surface area contributed by atoms with Crippen LogP contribution in [0.1, 0.15) is 26.7 Å². The molecule has 0 aliphatic heterocycles. The molecule has 1 atom stereocenters. The van der Waals surface area contributed by atoms with E-state index in [0.717, 1.165) is 0 Å². The summed E-state index contributed by atoms with van der Waals surface area (Å²) >= 11 is 0. The molecule has 0 rings (SSSR count). The van der Waals surface area contributed by atoms with Crippen LogP contribution in [0.4, 0.5) is 4.39 Å². The van der Waals surface area contributed by atoms with Crippen LogP contribution >= 0.6 is 0 Å². The summed E-state index contributed by atoms with van der Waals surface area (Å²) in [6, 6.07) is 0. The molecule has 0 fully saturated rings. The highest BCUT2D eigenvalue weighted by molar-refractivity contribution is 6.01. The fraction of sp³-hybridized carbons (Fsp3) is 0.750. The number of ketones is 1. The molecule has 0 radical (unpaired) electrons. The third-order valence-corrected chi connectivity index (χ3v) is 1.27. The Kier molecular flexibility index (Phi) is 5.25. The lowest BCUT2D eigenvalue weighted by Gasteiger charge is -2.04. The highest BCUT2D eigenvalue weighted by Crippen LogP contribution is 2.02. The number of rotatable bonds is 5. The van der Waals surface area contributed by atoms with Gasteiger partial charge in [-0.15, -0.1) is 0 Å². The number of carbonyl (C=O) groups is 2. The summed E-state index contributed by atoms with van der Waals surface area (Å²) in [5, 5.41) is 0. The normalized spacial score (nSPS) is 12.2. The van der Waals surface area contributed by atoms with Crippen LogP contribution in [0.2, 0.25) is 0 Å². The summed E-state index contributed by atoms with van der Waals surface area (Å²) in [7, 11) is 0. The minimum absolute atomic E-state index is 0.0833. The molecule has 0 aliphatic carbocycles. The summed E-state index contributed by atoms with van der Waals surface area (Å²) in [5.41, 5.74) is 0. The Hall–Kier alpha value is -0.930. The summed E-state index contributed by atoms with van der Waals surface area (Å²) < 4.78 is 17.1. The first-order valence-electron chi connectivity index (χ1n) is 3.96. The largest absolute Gasteiger partial charge is 0.463 e. The van der Waals surface area contributed by atoms with Crippen LogP contribution in [0.3, 0.4) is 0 Å². The molecule has 4 heteroatoms. The number of hydrogen-bond acceptors (Lipinski definition) is 3. The third kappa shape index (κ3) is 3.46. The van der Waals surface area contributed by atoms with E-state index < -0.39 is 17.9 Å². The van der Waals surface area contributed by atoms with Gasteiger partial charge in [0.05, 0.1) is 6.61 Å². The van der Waals surface area contributed by atoms with E-state index in [0.29, 0.717) is 6.42 Å². The van der Waals surface area contributed by atoms with E-state index >= 15 is 0 Å². The monoisotopic (exact) mass is 176 g/mol. The van der Waals surface area contributed by atoms with Gasteiger partial charge in [-0.25, -0.2) is 9.18 Å². The van der Waals surface area contributed by atoms with Crippen molar-refractivity contribution in [1.29, 1.82) is 0 Å². The first-order valence-corrected chi connectivity index (χ1v) is 3.96. The molecule has 0 N–H and O–H groups in total. The van der Waals surface area contributed by atoms with Crippen molar-refractivity contribution in [3.63, 3.8) is 0 Å². The fourth-order valence-corrected chi connectivity index (χ4v) is 0.720. The second kappa shape index (κ2) is 5.69. The van der Waals surface area contributed by atoms with Crippen LogP contribution in [-0.4, -0.2) is 24.5 Å². The van der Waals surface area contributed by atoms with Crippen molar-refractivity contribution in [2.45, 2.75) is 32.9 Å². The fourth-order valence-electron chi connectivity index (χ4n) is 0.720. The van der Waals surface area contributed by atoms with Crippen molar-refractivity contribution in [2.24, 2.45) is 0 Å². The van der Waals surface area contributed by atoms with Gasteiger partial charge in [-0.2, -0.15) is 0 Å². The molecule has 0 heterocycles. The van der Waals surface area contributed by atoms with Gasteiger partial charge in [-0.05, 0) is 13.3 Å². The molecular weight excluding hydrogens is 163 g/mol. The zero-order valence-electron chi connectivity index (χ0n) is 7.30. The molecule has 0 spiro atoms. The summed E-state index contributed by atoms with van der Waals surface area (Å²) in [5.74, 6) is -1.77. The predicted molar refractivity (Wildman–Crippen MR) is 41.4 cm³/mol. The molecule has 0 aromatic rings. The van der Waals surface area contributed by atoms with Crippen LogP contribution < -0.4 is 0 Å². The van der Waals surface area contributed by atoms with Crippen molar-refractivity contribution in [1.82, 2.24) is 0 Å². The van der Waals surface area contributed by atoms with Crippen LogP contribution in [-0.2, 0) is 14.3 Å². The van der Waals surface area contributed by atoms with Crippen molar-refractivity contribution in [3.05, 3.63) is 0 Å². The highest BCUT2D eigenvalue weighted by atomic mass is 19.1. The van der Waals surface area contributed by atoms with Gasteiger partial charge < -0.3 is 4.74 Å². The SMILES string of the molecule is CCCC(=O)C(F)C(=O)OCC. The maximum absolute atomic E-state index is 12.7. The van der Waals surface area contributed by atoms with Gasteiger partial charge in [-0.3, -0.25) is 4.79 Å². The number of hydrogen-bond donors (Lipinski definition) is 0. The second-order valence-corrected chi connectivity index (χ2v) is 2.33. The Morgan fingerprint density at radius 1 is 1.42 bits per heavy atom. The Balaban J connectivity index is 3.91. The number of carbonyl (C=O) groups excluding carboxylic acids is 2. The minimum Gasteiger partial charge on any atom is -0.463 e. The zero-order valence-corrected chi connectivity index (χ0v) is 7.30. The highest BCUT2D eigenvalue weighted by Gasteiger charge is 2.25.